The monoisotopic (exact) mass is 592 g/mol. The van der Waals surface area contributed by atoms with Crippen LogP contribution in [0.3, 0.4) is 0 Å². The molecule has 3 aromatic rings. The number of aliphatic imine (C=N–C) groups is 1. The molecule has 0 spiro atoms. The van der Waals surface area contributed by atoms with Crippen molar-refractivity contribution in [3.8, 4) is 0 Å². The molecule has 2 fully saturated rings. The molecule has 3 aliphatic rings. The summed E-state index contributed by atoms with van der Waals surface area (Å²) in [6.07, 6.45) is 14.7. The van der Waals surface area contributed by atoms with Gasteiger partial charge in [-0.3, -0.25) is 14.7 Å². The van der Waals surface area contributed by atoms with E-state index in [-0.39, 0.29) is 31.8 Å². The largest absolute Gasteiger partial charge is 0.286 e. The lowest BCUT2D eigenvalue weighted by molar-refractivity contribution is -0.134. The SMILES string of the molecule is CCCC(C)P(c1ccccc1C1=N[C@H](c2ccccc2)[C@@H](c2ccccc2)N1C(=O)C1CCCCC1)C1CCCCC1. The molecule has 1 aliphatic heterocycles. The molecule has 2 saturated carbocycles. The highest BCUT2D eigenvalue weighted by atomic mass is 31.1. The summed E-state index contributed by atoms with van der Waals surface area (Å²) in [6, 6.07) is 30.2. The number of carbonyl (C=O) groups excluding carboxylic acids is 1. The van der Waals surface area contributed by atoms with Crippen LogP contribution in [0.5, 0.6) is 0 Å². The number of hydrogen-bond acceptors (Lipinski definition) is 2. The lowest BCUT2D eigenvalue weighted by Gasteiger charge is -2.38. The van der Waals surface area contributed by atoms with Crippen molar-refractivity contribution >= 4 is 25.0 Å². The van der Waals surface area contributed by atoms with Crippen LogP contribution in [0.15, 0.2) is 89.9 Å². The number of hydrogen-bond donors (Lipinski definition) is 0. The predicted octanol–water partition coefficient (Wildman–Crippen LogP) is 9.97. The maximum absolute atomic E-state index is 14.8. The van der Waals surface area contributed by atoms with E-state index in [1.54, 1.807) is 0 Å². The normalized spacial score (nSPS) is 23.1. The number of rotatable bonds is 9. The Kier molecular flexibility index (Phi) is 10.1. The Balaban J connectivity index is 1.51. The van der Waals surface area contributed by atoms with E-state index in [2.05, 4.69) is 104 Å². The molecular formula is C39H49N2OP. The highest BCUT2D eigenvalue weighted by Gasteiger charge is 2.45. The van der Waals surface area contributed by atoms with Crippen molar-refractivity contribution in [3.63, 3.8) is 0 Å². The standard InChI is InChI=1S/C39H49N2OP/c1-3-18-29(2)43(33-25-14-7-15-26-33)35-28-17-16-27-34(35)38-40-36(30-19-8-4-9-20-30)37(31-21-10-5-11-22-31)41(38)39(42)32-23-12-6-13-24-32/h4-5,8-11,16-17,19-22,27-29,32-33,36-37H,3,6-7,12-15,18,23-26H2,1-2H3/t29?,36-,37-,43?/m1/s1. The van der Waals surface area contributed by atoms with Crippen LogP contribution in [-0.4, -0.2) is 28.0 Å². The number of benzene rings is 3. The molecule has 0 aromatic heterocycles. The third-order valence-corrected chi connectivity index (χ3v) is 13.6. The number of amides is 1. The highest BCUT2D eigenvalue weighted by Crippen LogP contribution is 2.54. The topological polar surface area (TPSA) is 32.7 Å². The summed E-state index contributed by atoms with van der Waals surface area (Å²) in [6.45, 7) is 4.83. The van der Waals surface area contributed by atoms with Gasteiger partial charge in [-0.05, 0) is 59.9 Å². The lowest BCUT2D eigenvalue weighted by Crippen LogP contribution is -2.43. The molecule has 3 aromatic carbocycles. The number of nitrogens with zero attached hydrogens (tertiary/aromatic N) is 2. The molecule has 226 valence electrons. The second-order valence-electron chi connectivity index (χ2n) is 13.1. The Bertz CT molecular complexity index is 1360. The zero-order chi connectivity index (χ0) is 29.6. The van der Waals surface area contributed by atoms with E-state index in [9.17, 15) is 4.79 Å². The van der Waals surface area contributed by atoms with Crippen LogP contribution < -0.4 is 5.30 Å². The predicted molar refractivity (Wildman–Crippen MR) is 183 cm³/mol. The van der Waals surface area contributed by atoms with Crippen LogP contribution in [-0.2, 0) is 4.79 Å². The van der Waals surface area contributed by atoms with Crippen LogP contribution in [0.2, 0.25) is 0 Å². The Morgan fingerprint density at radius 1 is 0.791 bits per heavy atom. The van der Waals surface area contributed by atoms with Crippen LogP contribution in [0, 0.1) is 5.92 Å². The lowest BCUT2D eigenvalue weighted by atomic mass is 9.86. The molecule has 1 heterocycles. The Labute approximate surface area is 261 Å². The summed E-state index contributed by atoms with van der Waals surface area (Å²) in [7, 11) is -0.387. The minimum atomic E-state index is -0.387. The van der Waals surface area contributed by atoms with Gasteiger partial charge in [0.15, 0.2) is 0 Å². The minimum Gasteiger partial charge on any atom is -0.286 e. The summed E-state index contributed by atoms with van der Waals surface area (Å²) in [5, 5.41) is 1.48. The number of amidine groups is 1. The van der Waals surface area contributed by atoms with Crippen molar-refractivity contribution in [1.29, 1.82) is 0 Å². The van der Waals surface area contributed by atoms with Crippen molar-refractivity contribution in [1.82, 2.24) is 4.90 Å². The molecule has 3 nitrogen and oxygen atoms in total. The van der Waals surface area contributed by atoms with Crippen molar-refractivity contribution in [2.75, 3.05) is 0 Å². The molecular weight excluding hydrogens is 543 g/mol. The molecule has 0 saturated heterocycles. The molecule has 6 rings (SSSR count). The van der Waals surface area contributed by atoms with Crippen molar-refractivity contribution < 1.29 is 4.79 Å². The zero-order valence-corrected chi connectivity index (χ0v) is 27.1. The van der Waals surface area contributed by atoms with E-state index >= 15 is 0 Å². The van der Waals surface area contributed by atoms with E-state index < -0.39 is 0 Å². The minimum absolute atomic E-state index is 0.0747. The van der Waals surface area contributed by atoms with E-state index in [4.69, 9.17) is 4.99 Å². The van der Waals surface area contributed by atoms with Gasteiger partial charge in [0.2, 0.25) is 5.91 Å². The maximum Gasteiger partial charge on any atom is 0.231 e. The Morgan fingerprint density at radius 3 is 2.02 bits per heavy atom. The van der Waals surface area contributed by atoms with Gasteiger partial charge in [0.25, 0.3) is 0 Å². The second-order valence-corrected chi connectivity index (χ2v) is 16.0. The maximum atomic E-state index is 14.8. The van der Waals surface area contributed by atoms with E-state index in [0.29, 0.717) is 5.66 Å². The first-order valence-corrected chi connectivity index (χ1v) is 18.5. The van der Waals surface area contributed by atoms with Crippen molar-refractivity contribution in [3.05, 3.63) is 102 Å². The summed E-state index contributed by atoms with van der Waals surface area (Å²) < 4.78 is 0. The van der Waals surface area contributed by atoms with Gasteiger partial charge in [-0.25, -0.2) is 0 Å². The van der Waals surface area contributed by atoms with E-state index in [1.165, 1.54) is 73.4 Å². The van der Waals surface area contributed by atoms with Crippen LogP contribution in [0.25, 0.3) is 0 Å². The first-order chi connectivity index (χ1) is 21.2. The Hall–Kier alpha value is -2.77. The van der Waals surface area contributed by atoms with E-state index in [0.717, 1.165) is 37.2 Å². The van der Waals surface area contributed by atoms with Gasteiger partial charge in [0.05, 0.1) is 6.04 Å². The smallest absolute Gasteiger partial charge is 0.231 e. The first kappa shape index (κ1) is 30.3. The van der Waals surface area contributed by atoms with Gasteiger partial charge in [0.1, 0.15) is 11.9 Å². The average molecular weight is 593 g/mol. The first-order valence-electron chi connectivity index (χ1n) is 17.1. The fourth-order valence-corrected chi connectivity index (χ4v) is 11.8. The van der Waals surface area contributed by atoms with Gasteiger partial charge >= 0.3 is 0 Å². The van der Waals surface area contributed by atoms with Gasteiger partial charge in [0, 0.05) is 11.5 Å². The quantitative estimate of drug-likeness (QED) is 0.228. The summed E-state index contributed by atoms with van der Waals surface area (Å²) >= 11 is 0. The molecule has 0 bridgehead atoms. The van der Waals surface area contributed by atoms with E-state index in [1.807, 2.05) is 0 Å². The summed E-state index contributed by atoms with van der Waals surface area (Å²) in [4.78, 5) is 22.6. The fraction of sp³-hybridized carbons (Fsp3) is 0.487. The van der Waals surface area contributed by atoms with Gasteiger partial charge < -0.3 is 0 Å². The third-order valence-electron chi connectivity index (χ3n) is 10.1. The van der Waals surface area contributed by atoms with Gasteiger partial charge in [-0.2, -0.15) is 0 Å². The molecule has 43 heavy (non-hydrogen) atoms. The molecule has 0 radical (unpaired) electrons. The van der Waals surface area contributed by atoms with Crippen molar-refractivity contribution in [2.24, 2.45) is 10.9 Å². The molecule has 2 unspecified atom stereocenters. The van der Waals surface area contributed by atoms with Gasteiger partial charge in [-0.15, -0.1) is 0 Å². The second kappa shape index (κ2) is 14.3. The number of carbonyl (C=O) groups is 1. The third kappa shape index (κ3) is 6.53. The van der Waals surface area contributed by atoms with Crippen LogP contribution >= 0.6 is 7.92 Å². The molecule has 1 amide bonds. The Morgan fingerprint density at radius 2 is 1.37 bits per heavy atom. The highest BCUT2D eigenvalue weighted by molar-refractivity contribution is 7.67. The average Bonchev–Trinajstić information content (AvgIpc) is 3.47. The van der Waals surface area contributed by atoms with Crippen LogP contribution in [0.4, 0.5) is 0 Å². The molecule has 4 heteroatoms. The molecule has 2 aliphatic carbocycles. The molecule has 4 atom stereocenters. The molecule has 0 N–H and O–H groups in total. The fourth-order valence-electron chi connectivity index (χ4n) is 8.01. The van der Waals surface area contributed by atoms with Crippen LogP contribution in [0.1, 0.15) is 120 Å². The summed E-state index contributed by atoms with van der Waals surface area (Å²) in [5.74, 6) is 1.27. The summed E-state index contributed by atoms with van der Waals surface area (Å²) in [5.41, 5.74) is 4.98. The van der Waals surface area contributed by atoms with Gasteiger partial charge in [-0.1, -0.05) is 152 Å². The zero-order valence-electron chi connectivity index (χ0n) is 26.2. The van der Waals surface area contributed by atoms with Crippen molar-refractivity contribution in [2.45, 2.75) is 114 Å².